The molecule has 0 aliphatic carbocycles. The SMILES string of the molecule is NCCC#Cc1cccc(Cl)c1C=O. The average Bonchev–Trinajstić information content (AvgIpc) is 2.18. The number of halogens is 1. The van der Waals surface area contributed by atoms with E-state index in [9.17, 15) is 4.79 Å². The third-order valence-corrected chi connectivity index (χ3v) is 1.99. The first-order valence-electron chi connectivity index (χ1n) is 4.22. The molecular formula is C11H10ClNO. The molecule has 0 saturated carbocycles. The number of carbonyl (C=O) groups is 1. The van der Waals surface area contributed by atoms with E-state index in [2.05, 4.69) is 11.8 Å². The van der Waals surface area contributed by atoms with Gasteiger partial charge in [0, 0.05) is 24.1 Å². The largest absolute Gasteiger partial charge is 0.330 e. The van der Waals surface area contributed by atoms with Crippen LogP contribution in [0.3, 0.4) is 0 Å². The predicted molar refractivity (Wildman–Crippen MR) is 57.4 cm³/mol. The summed E-state index contributed by atoms with van der Waals surface area (Å²) in [7, 11) is 0. The van der Waals surface area contributed by atoms with Crippen molar-refractivity contribution in [1.29, 1.82) is 0 Å². The molecule has 1 aromatic carbocycles. The van der Waals surface area contributed by atoms with E-state index in [1.54, 1.807) is 18.2 Å². The molecule has 0 aliphatic rings. The highest BCUT2D eigenvalue weighted by atomic mass is 35.5. The summed E-state index contributed by atoms with van der Waals surface area (Å²) in [5.74, 6) is 5.72. The lowest BCUT2D eigenvalue weighted by Gasteiger charge is -1.97. The fourth-order valence-corrected chi connectivity index (χ4v) is 1.21. The number of aldehydes is 1. The monoisotopic (exact) mass is 207 g/mol. The Balaban J connectivity index is 3.04. The highest BCUT2D eigenvalue weighted by molar-refractivity contribution is 6.33. The molecule has 14 heavy (non-hydrogen) atoms. The summed E-state index contributed by atoms with van der Waals surface area (Å²) in [6.07, 6.45) is 1.33. The summed E-state index contributed by atoms with van der Waals surface area (Å²) in [5, 5.41) is 0.430. The standard InChI is InChI=1S/C11H10ClNO/c12-11-6-3-5-9(10(11)8-14)4-1-2-7-13/h3,5-6,8H,2,7,13H2. The number of rotatable bonds is 2. The summed E-state index contributed by atoms with van der Waals surface area (Å²) in [6.45, 7) is 0.518. The second kappa shape index (κ2) is 5.43. The first kappa shape index (κ1) is 10.8. The Hall–Kier alpha value is -1.30. The van der Waals surface area contributed by atoms with Crippen LogP contribution in [0.25, 0.3) is 0 Å². The van der Waals surface area contributed by atoms with Crippen molar-refractivity contribution in [2.75, 3.05) is 6.54 Å². The molecule has 0 saturated heterocycles. The first-order valence-corrected chi connectivity index (χ1v) is 4.60. The van der Waals surface area contributed by atoms with Gasteiger partial charge >= 0.3 is 0 Å². The summed E-state index contributed by atoms with van der Waals surface area (Å²) in [6, 6.07) is 5.19. The number of hydrogen-bond acceptors (Lipinski definition) is 2. The number of nitrogens with two attached hydrogens (primary N) is 1. The maximum Gasteiger partial charge on any atom is 0.152 e. The average molecular weight is 208 g/mol. The lowest BCUT2D eigenvalue weighted by molar-refractivity contribution is 0.112. The molecule has 1 rings (SSSR count). The minimum absolute atomic E-state index is 0.430. The van der Waals surface area contributed by atoms with Crippen molar-refractivity contribution in [3.8, 4) is 11.8 Å². The third kappa shape index (κ3) is 2.59. The van der Waals surface area contributed by atoms with Crippen molar-refractivity contribution in [3.63, 3.8) is 0 Å². The Labute approximate surface area is 88.1 Å². The van der Waals surface area contributed by atoms with Crippen LogP contribution in [-0.2, 0) is 0 Å². The van der Waals surface area contributed by atoms with Crippen LogP contribution >= 0.6 is 11.6 Å². The fourth-order valence-electron chi connectivity index (χ4n) is 0.996. The van der Waals surface area contributed by atoms with Gasteiger partial charge in [0.15, 0.2) is 6.29 Å². The molecule has 1 aromatic rings. The van der Waals surface area contributed by atoms with E-state index < -0.39 is 0 Å². The lowest BCUT2D eigenvalue weighted by Crippen LogP contribution is -1.95. The summed E-state index contributed by atoms with van der Waals surface area (Å²) in [5.41, 5.74) is 6.39. The Kier molecular flexibility index (Phi) is 4.18. The Morgan fingerprint density at radius 2 is 2.29 bits per heavy atom. The first-order chi connectivity index (χ1) is 6.79. The molecule has 0 bridgehead atoms. The van der Waals surface area contributed by atoms with Gasteiger partial charge in [0.1, 0.15) is 0 Å². The molecule has 2 N–H and O–H groups in total. The lowest BCUT2D eigenvalue weighted by atomic mass is 10.1. The van der Waals surface area contributed by atoms with Gasteiger partial charge in [0.25, 0.3) is 0 Å². The smallest absolute Gasteiger partial charge is 0.152 e. The molecule has 0 radical (unpaired) electrons. The van der Waals surface area contributed by atoms with Crippen molar-refractivity contribution in [2.45, 2.75) is 6.42 Å². The van der Waals surface area contributed by atoms with Gasteiger partial charge in [-0.05, 0) is 12.1 Å². The molecule has 0 aromatic heterocycles. The summed E-state index contributed by atoms with van der Waals surface area (Å²) >= 11 is 5.82. The normalized spacial score (nSPS) is 9.00. The van der Waals surface area contributed by atoms with Gasteiger partial charge in [-0.15, -0.1) is 0 Å². The third-order valence-electron chi connectivity index (χ3n) is 1.66. The minimum Gasteiger partial charge on any atom is -0.330 e. The van der Waals surface area contributed by atoms with Crippen LogP contribution in [0.2, 0.25) is 5.02 Å². The van der Waals surface area contributed by atoms with Crippen molar-refractivity contribution in [3.05, 3.63) is 34.3 Å². The van der Waals surface area contributed by atoms with Gasteiger partial charge in [-0.3, -0.25) is 4.79 Å². The molecule has 0 fully saturated rings. The van der Waals surface area contributed by atoms with Crippen LogP contribution < -0.4 is 5.73 Å². The van der Waals surface area contributed by atoms with E-state index in [0.29, 0.717) is 29.1 Å². The van der Waals surface area contributed by atoms with Crippen LogP contribution in [0.1, 0.15) is 22.3 Å². The van der Waals surface area contributed by atoms with E-state index in [1.165, 1.54) is 0 Å². The minimum atomic E-state index is 0.430. The predicted octanol–water partition coefficient (Wildman–Crippen LogP) is 1.85. The Bertz CT molecular complexity index is 390. The van der Waals surface area contributed by atoms with E-state index in [0.717, 1.165) is 6.29 Å². The molecule has 0 amide bonds. The van der Waals surface area contributed by atoms with Gasteiger partial charge in [-0.1, -0.05) is 29.5 Å². The zero-order valence-electron chi connectivity index (χ0n) is 7.59. The molecule has 3 heteroatoms. The zero-order chi connectivity index (χ0) is 10.4. The van der Waals surface area contributed by atoms with Gasteiger partial charge in [0.2, 0.25) is 0 Å². The molecule has 0 atom stereocenters. The highest BCUT2D eigenvalue weighted by Crippen LogP contribution is 2.16. The van der Waals surface area contributed by atoms with Gasteiger partial charge in [-0.2, -0.15) is 0 Å². The van der Waals surface area contributed by atoms with Crippen molar-refractivity contribution in [1.82, 2.24) is 0 Å². The van der Waals surface area contributed by atoms with Crippen LogP contribution in [0.15, 0.2) is 18.2 Å². The number of carbonyl (C=O) groups excluding carboxylic acids is 1. The highest BCUT2D eigenvalue weighted by Gasteiger charge is 2.02. The van der Waals surface area contributed by atoms with E-state index >= 15 is 0 Å². The van der Waals surface area contributed by atoms with Crippen LogP contribution in [-0.4, -0.2) is 12.8 Å². The topological polar surface area (TPSA) is 43.1 Å². The van der Waals surface area contributed by atoms with Crippen molar-refractivity contribution >= 4 is 17.9 Å². The zero-order valence-corrected chi connectivity index (χ0v) is 8.34. The maximum atomic E-state index is 10.7. The molecule has 2 nitrogen and oxygen atoms in total. The summed E-state index contributed by atoms with van der Waals surface area (Å²) in [4.78, 5) is 10.7. The maximum absolute atomic E-state index is 10.7. The van der Waals surface area contributed by atoms with Gasteiger partial charge < -0.3 is 5.73 Å². The second-order valence-electron chi connectivity index (χ2n) is 2.66. The quantitative estimate of drug-likeness (QED) is 0.594. The molecular weight excluding hydrogens is 198 g/mol. The van der Waals surface area contributed by atoms with Crippen molar-refractivity contribution < 1.29 is 4.79 Å². The van der Waals surface area contributed by atoms with Gasteiger partial charge in [0.05, 0.1) is 5.02 Å². The van der Waals surface area contributed by atoms with Crippen molar-refractivity contribution in [2.24, 2.45) is 5.73 Å². The van der Waals surface area contributed by atoms with E-state index in [1.807, 2.05) is 0 Å². The van der Waals surface area contributed by atoms with Crippen LogP contribution in [0, 0.1) is 11.8 Å². The number of hydrogen-bond donors (Lipinski definition) is 1. The van der Waals surface area contributed by atoms with E-state index in [4.69, 9.17) is 17.3 Å². The molecule has 0 heterocycles. The Morgan fingerprint density at radius 3 is 2.93 bits per heavy atom. The molecule has 0 spiro atoms. The van der Waals surface area contributed by atoms with Gasteiger partial charge in [-0.25, -0.2) is 0 Å². The fraction of sp³-hybridized carbons (Fsp3) is 0.182. The van der Waals surface area contributed by atoms with Crippen LogP contribution in [0.4, 0.5) is 0 Å². The molecule has 72 valence electrons. The molecule has 0 aliphatic heterocycles. The number of benzene rings is 1. The van der Waals surface area contributed by atoms with E-state index in [-0.39, 0.29) is 0 Å². The Morgan fingerprint density at radius 1 is 1.50 bits per heavy atom. The second-order valence-corrected chi connectivity index (χ2v) is 3.07. The van der Waals surface area contributed by atoms with Crippen LogP contribution in [0.5, 0.6) is 0 Å². The summed E-state index contributed by atoms with van der Waals surface area (Å²) < 4.78 is 0. The molecule has 0 unspecified atom stereocenters.